The fourth-order valence-electron chi connectivity index (χ4n) is 2.53. The Morgan fingerprint density at radius 3 is 2.26 bits per heavy atom. The summed E-state index contributed by atoms with van der Waals surface area (Å²) >= 11 is 0. The largest absolute Gasteiger partial charge is 0.0761 e. The van der Waals surface area contributed by atoms with Crippen LogP contribution in [0.1, 0.15) is 29.0 Å². The molecule has 0 saturated heterocycles. The van der Waals surface area contributed by atoms with Crippen molar-refractivity contribution in [1.82, 2.24) is 0 Å². The van der Waals surface area contributed by atoms with Gasteiger partial charge in [-0.1, -0.05) is 78.4 Å². The number of hydrogen-bond acceptors (Lipinski definition) is 0. The van der Waals surface area contributed by atoms with Gasteiger partial charge in [0, 0.05) is 5.92 Å². The van der Waals surface area contributed by atoms with Gasteiger partial charge in [-0.2, -0.15) is 0 Å². The first-order chi connectivity index (χ1) is 9.33. The van der Waals surface area contributed by atoms with Gasteiger partial charge >= 0.3 is 0 Å². The SMILES string of the molecule is Cc1ccc(C2=CCC(c3ccccc3)C=C2)cc1. The Hall–Kier alpha value is -2.08. The molecule has 0 heteroatoms. The summed E-state index contributed by atoms with van der Waals surface area (Å²) in [6, 6.07) is 19.5. The van der Waals surface area contributed by atoms with Crippen molar-refractivity contribution in [3.8, 4) is 0 Å². The number of benzene rings is 2. The van der Waals surface area contributed by atoms with Gasteiger partial charge in [0.15, 0.2) is 0 Å². The van der Waals surface area contributed by atoms with Crippen LogP contribution in [0.25, 0.3) is 5.57 Å². The predicted molar refractivity (Wildman–Crippen MR) is 82.1 cm³/mol. The van der Waals surface area contributed by atoms with E-state index in [1.165, 1.54) is 22.3 Å². The Morgan fingerprint density at radius 1 is 0.895 bits per heavy atom. The molecule has 0 bridgehead atoms. The molecule has 0 aliphatic heterocycles. The van der Waals surface area contributed by atoms with E-state index in [2.05, 4.69) is 79.7 Å². The summed E-state index contributed by atoms with van der Waals surface area (Å²) in [6.45, 7) is 2.13. The first-order valence-electron chi connectivity index (χ1n) is 6.83. The third-order valence-electron chi connectivity index (χ3n) is 3.71. The average molecular weight is 246 g/mol. The van der Waals surface area contributed by atoms with E-state index in [1.807, 2.05) is 0 Å². The molecule has 0 nitrogen and oxygen atoms in total. The second-order valence-corrected chi connectivity index (χ2v) is 5.14. The van der Waals surface area contributed by atoms with Crippen molar-refractivity contribution in [3.05, 3.63) is 89.5 Å². The van der Waals surface area contributed by atoms with E-state index in [1.54, 1.807) is 0 Å². The van der Waals surface area contributed by atoms with Crippen molar-refractivity contribution in [2.45, 2.75) is 19.3 Å². The van der Waals surface area contributed by atoms with E-state index in [0.717, 1.165) is 6.42 Å². The van der Waals surface area contributed by atoms with Crippen LogP contribution in [0, 0.1) is 6.92 Å². The Morgan fingerprint density at radius 2 is 1.63 bits per heavy atom. The summed E-state index contributed by atoms with van der Waals surface area (Å²) in [5.74, 6) is 0.524. The van der Waals surface area contributed by atoms with Crippen molar-refractivity contribution in [2.24, 2.45) is 0 Å². The zero-order valence-corrected chi connectivity index (χ0v) is 11.2. The van der Waals surface area contributed by atoms with E-state index in [0.29, 0.717) is 5.92 Å². The molecule has 1 aliphatic carbocycles. The molecule has 0 spiro atoms. The molecule has 1 aliphatic rings. The number of hydrogen-bond donors (Lipinski definition) is 0. The molecule has 1 atom stereocenters. The van der Waals surface area contributed by atoms with Crippen molar-refractivity contribution >= 4 is 5.57 Å². The average Bonchev–Trinajstić information content (AvgIpc) is 2.49. The molecule has 2 aromatic rings. The highest BCUT2D eigenvalue weighted by atomic mass is 14.2. The number of rotatable bonds is 2. The van der Waals surface area contributed by atoms with Crippen molar-refractivity contribution in [3.63, 3.8) is 0 Å². The molecular formula is C19H18. The maximum absolute atomic E-state index is 2.35. The zero-order chi connectivity index (χ0) is 13.1. The Balaban J connectivity index is 1.78. The molecule has 1 unspecified atom stereocenters. The van der Waals surface area contributed by atoms with Crippen molar-refractivity contribution < 1.29 is 0 Å². The van der Waals surface area contributed by atoms with Gasteiger partial charge in [-0.15, -0.1) is 0 Å². The van der Waals surface area contributed by atoms with Gasteiger partial charge < -0.3 is 0 Å². The third-order valence-corrected chi connectivity index (χ3v) is 3.71. The van der Waals surface area contributed by atoms with E-state index < -0.39 is 0 Å². The highest BCUT2D eigenvalue weighted by molar-refractivity contribution is 5.75. The molecule has 0 radical (unpaired) electrons. The Bertz CT molecular complexity index is 600. The van der Waals surface area contributed by atoms with Gasteiger partial charge in [-0.3, -0.25) is 0 Å². The minimum absolute atomic E-state index is 0.524. The second kappa shape index (κ2) is 5.27. The minimum atomic E-state index is 0.524. The maximum Gasteiger partial charge on any atom is 0.00561 e. The summed E-state index contributed by atoms with van der Waals surface area (Å²) in [5, 5.41) is 0. The molecule has 0 N–H and O–H groups in total. The van der Waals surface area contributed by atoms with Crippen LogP contribution < -0.4 is 0 Å². The third kappa shape index (κ3) is 2.68. The van der Waals surface area contributed by atoms with Gasteiger partial charge in [-0.05, 0) is 30.0 Å². The predicted octanol–water partition coefficient (Wildman–Crippen LogP) is 5.12. The van der Waals surface area contributed by atoms with Crippen LogP contribution in [-0.4, -0.2) is 0 Å². The molecule has 0 aromatic heterocycles. The highest BCUT2D eigenvalue weighted by Gasteiger charge is 2.11. The maximum atomic E-state index is 2.35. The summed E-state index contributed by atoms with van der Waals surface area (Å²) in [4.78, 5) is 0. The van der Waals surface area contributed by atoms with E-state index in [-0.39, 0.29) is 0 Å². The Kier molecular flexibility index (Phi) is 3.33. The lowest BCUT2D eigenvalue weighted by Gasteiger charge is -2.17. The standard InChI is InChI=1S/C19H18/c1-15-7-9-17(10-8-15)19-13-11-18(12-14-19)16-5-3-2-4-6-16/h2-11,13-14,18H,12H2,1H3. The van der Waals surface area contributed by atoms with E-state index in [4.69, 9.17) is 0 Å². The quantitative estimate of drug-likeness (QED) is 0.689. The van der Waals surface area contributed by atoms with Crippen molar-refractivity contribution in [2.75, 3.05) is 0 Å². The summed E-state index contributed by atoms with van der Waals surface area (Å²) in [6.07, 6.45) is 8.02. The molecular weight excluding hydrogens is 228 g/mol. The normalized spacial score (nSPS) is 18.2. The first kappa shape index (κ1) is 12.0. The lowest BCUT2D eigenvalue weighted by Crippen LogP contribution is -1.98. The van der Waals surface area contributed by atoms with Crippen LogP contribution in [0.3, 0.4) is 0 Å². The smallest absolute Gasteiger partial charge is 0.00561 e. The van der Waals surface area contributed by atoms with Crippen molar-refractivity contribution in [1.29, 1.82) is 0 Å². The van der Waals surface area contributed by atoms with Crippen LogP contribution in [0.4, 0.5) is 0 Å². The van der Waals surface area contributed by atoms with Gasteiger partial charge in [0.25, 0.3) is 0 Å². The lowest BCUT2D eigenvalue weighted by atomic mass is 9.88. The van der Waals surface area contributed by atoms with E-state index in [9.17, 15) is 0 Å². The van der Waals surface area contributed by atoms with Crippen LogP contribution in [-0.2, 0) is 0 Å². The minimum Gasteiger partial charge on any atom is -0.0761 e. The van der Waals surface area contributed by atoms with Crippen LogP contribution in [0.5, 0.6) is 0 Å². The zero-order valence-electron chi connectivity index (χ0n) is 11.2. The summed E-state index contributed by atoms with van der Waals surface area (Å²) in [7, 11) is 0. The molecule has 0 heterocycles. The Labute approximate surface area is 115 Å². The van der Waals surface area contributed by atoms with Crippen LogP contribution >= 0.6 is 0 Å². The second-order valence-electron chi connectivity index (χ2n) is 5.14. The van der Waals surface area contributed by atoms with Crippen LogP contribution in [0.15, 0.2) is 72.8 Å². The van der Waals surface area contributed by atoms with E-state index >= 15 is 0 Å². The molecule has 94 valence electrons. The van der Waals surface area contributed by atoms with Gasteiger partial charge in [0.05, 0.1) is 0 Å². The molecule has 3 rings (SSSR count). The first-order valence-corrected chi connectivity index (χ1v) is 6.83. The monoisotopic (exact) mass is 246 g/mol. The number of aryl methyl sites for hydroxylation is 1. The molecule has 0 amide bonds. The molecule has 0 saturated carbocycles. The fourth-order valence-corrected chi connectivity index (χ4v) is 2.53. The van der Waals surface area contributed by atoms with Crippen LogP contribution in [0.2, 0.25) is 0 Å². The lowest BCUT2D eigenvalue weighted by molar-refractivity contribution is 0.856. The molecule has 2 aromatic carbocycles. The van der Waals surface area contributed by atoms with Gasteiger partial charge in [0.2, 0.25) is 0 Å². The molecule has 0 fully saturated rings. The fraction of sp³-hybridized carbons (Fsp3) is 0.158. The van der Waals surface area contributed by atoms with Gasteiger partial charge in [0.1, 0.15) is 0 Å². The highest BCUT2D eigenvalue weighted by Crippen LogP contribution is 2.30. The van der Waals surface area contributed by atoms with Gasteiger partial charge in [-0.25, -0.2) is 0 Å². The summed E-state index contributed by atoms with van der Waals surface area (Å²) in [5.41, 5.74) is 5.37. The topological polar surface area (TPSA) is 0 Å². The number of allylic oxidation sites excluding steroid dienone is 4. The molecule has 19 heavy (non-hydrogen) atoms. The summed E-state index contributed by atoms with van der Waals surface area (Å²) < 4.78 is 0.